The molecule has 1 aliphatic rings. The average molecular weight is 268 g/mol. The molecule has 0 bridgehead atoms. The van der Waals surface area contributed by atoms with Crippen LogP contribution in [0.15, 0.2) is 42.6 Å². The van der Waals surface area contributed by atoms with Gasteiger partial charge in [-0.3, -0.25) is 4.79 Å². The maximum Gasteiger partial charge on any atom is 0.244 e. The van der Waals surface area contributed by atoms with Crippen LogP contribution in [0.4, 0.5) is 17.2 Å². The minimum Gasteiger partial charge on any atom is -0.324 e. The zero-order valence-electron chi connectivity index (χ0n) is 11.2. The number of hydrogen-bond donors (Lipinski definition) is 2. The molecule has 3 rings (SSSR count). The Morgan fingerprint density at radius 1 is 1.30 bits per heavy atom. The van der Waals surface area contributed by atoms with Gasteiger partial charge in [-0.25, -0.2) is 4.98 Å². The first-order valence-corrected chi connectivity index (χ1v) is 6.53. The fraction of sp³-hybridized carbons (Fsp3) is 0.200. The lowest BCUT2D eigenvalue weighted by atomic mass is 10.1. The molecule has 20 heavy (non-hydrogen) atoms. The van der Waals surface area contributed by atoms with Gasteiger partial charge in [-0.2, -0.15) is 0 Å². The summed E-state index contributed by atoms with van der Waals surface area (Å²) in [4.78, 5) is 18.2. The van der Waals surface area contributed by atoms with Crippen LogP contribution in [0.2, 0.25) is 0 Å². The molecular weight excluding hydrogens is 252 g/mol. The number of carbonyl (C=O) groups is 1. The van der Waals surface area contributed by atoms with E-state index in [1.165, 1.54) is 0 Å². The molecule has 2 heterocycles. The van der Waals surface area contributed by atoms with E-state index < -0.39 is 0 Å². The number of anilines is 3. The number of hydrogen-bond acceptors (Lipinski definition) is 4. The fourth-order valence-corrected chi connectivity index (χ4v) is 2.41. The van der Waals surface area contributed by atoms with E-state index in [0.29, 0.717) is 0 Å². The number of nitrogens with zero attached hydrogens (tertiary/aromatic N) is 2. The van der Waals surface area contributed by atoms with Crippen molar-refractivity contribution in [2.45, 2.75) is 13.0 Å². The van der Waals surface area contributed by atoms with Crippen LogP contribution in [-0.4, -0.2) is 17.4 Å². The molecule has 2 aromatic rings. The molecule has 0 unspecified atom stereocenters. The van der Waals surface area contributed by atoms with E-state index in [1.54, 1.807) is 6.20 Å². The zero-order valence-corrected chi connectivity index (χ0v) is 11.2. The van der Waals surface area contributed by atoms with Gasteiger partial charge < -0.3 is 16.0 Å². The lowest BCUT2D eigenvalue weighted by molar-refractivity contribution is -0.115. The summed E-state index contributed by atoms with van der Waals surface area (Å²) in [5, 5.41) is 2.87. The van der Waals surface area contributed by atoms with Crippen molar-refractivity contribution in [3.05, 3.63) is 48.2 Å². The minimum absolute atomic E-state index is 0.0509. The number of nitrogens with one attached hydrogen (secondary N) is 1. The first-order chi connectivity index (χ1) is 9.66. The van der Waals surface area contributed by atoms with E-state index in [9.17, 15) is 4.79 Å². The Morgan fingerprint density at radius 2 is 2.10 bits per heavy atom. The summed E-state index contributed by atoms with van der Waals surface area (Å²) in [5.41, 5.74) is 8.67. The van der Waals surface area contributed by atoms with Gasteiger partial charge in [0.15, 0.2) is 0 Å². The average Bonchev–Trinajstić information content (AvgIpc) is 2.46. The van der Waals surface area contributed by atoms with Crippen LogP contribution in [0.25, 0.3) is 0 Å². The molecular formula is C15H16N4O. The quantitative estimate of drug-likeness (QED) is 0.875. The van der Waals surface area contributed by atoms with Gasteiger partial charge >= 0.3 is 0 Å². The van der Waals surface area contributed by atoms with Crippen molar-refractivity contribution in [1.29, 1.82) is 0 Å². The van der Waals surface area contributed by atoms with Gasteiger partial charge in [0.1, 0.15) is 12.4 Å². The van der Waals surface area contributed by atoms with Crippen molar-refractivity contribution < 1.29 is 4.79 Å². The summed E-state index contributed by atoms with van der Waals surface area (Å²) in [5.74, 6) is 0.690. The summed E-state index contributed by atoms with van der Waals surface area (Å²) >= 11 is 0. The lowest BCUT2D eigenvalue weighted by Gasteiger charge is -2.31. The Balaban J connectivity index is 2.13. The Bertz CT molecular complexity index is 654. The van der Waals surface area contributed by atoms with Gasteiger partial charge in [-0.1, -0.05) is 18.2 Å². The van der Waals surface area contributed by atoms with Crippen LogP contribution in [0.3, 0.4) is 0 Å². The molecule has 1 aromatic heterocycles. The topological polar surface area (TPSA) is 71.2 Å². The van der Waals surface area contributed by atoms with Gasteiger partial charge in [-0.15, -0.1) is 0 Å². The predicted octanol–water partition coefficient (Wildman–Crippen LogP) is 2.19. The van der Waals surface area contributed by atoms with E-state index in [0.717, 1.165) is 22.8 Å². The number of rotatable bonds is 2. The predicted molar refractivity (Wildman–Crippen MR) is 78.9 cm³/mol. The van der Waals surface area contributed by atoms with Crippen molar-refractivity contribution in [2.24, 2.45) is 5.73 Å². The molecule has 1 aromatic carbocycles. The normalized spacial score (nSPS) is 15.5. The first kappa shape index (κ1) is 12.6. The van der Waals surface area contributed by atoms with Gasteiger partial charge in [0.05, 0.1) is 11.4 Å². The van der Waals surface area contributed by atoms with E-state index >= 15 is 0 Å². The summed E-state index contributed by atoms with van der Waals surface area (Å²) in [6.45, 7) is 2.16. The van der Waals surface area contributed by atoms with Crippen LogP contribution < -0.4 is 16.0 Å². The molecule has 0 aliphatic carbocycles. The Hall–Kier alpha value is -2.40. The largest absolute Gasteiger partial charge is 0.324 e. The maximum absolute atomic E-state index is 11.9. The SMILES string of the molecule is C[C@H](N)c1cccnc1N1CC(=O)Nc2ccccc21. The van der Waals surface area contributed by atoms with Crippen LogP contribution in [0.1, 0.15) is 18.5 Å². The van der Waals surface area contributed by atoms with E-state index in [2.05, 4.69) is 10.3 Å². The van der Waals surface area contributed by atoms with Crippen LogP contribution >= 0.6 is 0 Å². The molecule has 102 valence electrons. The highest BCUT2D eigenvalue weighted by Gasteiger charge is 2.25. The van der Waals surface area contributed by atoms with Gasteiger partial charge in [0, 0.05) is 17.8 Å². The van der Waals surface area contributed by atoms with Crippen molar-refractivity contribution in [1.82, 2.24) is 4.98 Å². The molecule has 0 radical (unpaired) electrons. The number of carbonyl (C=O) groups excluding carboxylic acids is 1. The number of fused-ring (bicyclic) bond motifs is 1. The van der Waals surface area contributed by atoms with E-state index in [-0.39, 0.29) is 18.5 Å². The van der Waals surface area contributed by atoms with Gasteiger partial charge in [0.25, 0.3) is 0 Å². The number of nitrogens with two attached hydrogens (primary N) is 1. The third-order valence-electron chi connectivity index (χ3n) is 3.33. The second-order valence-electron chi connectivity index (χ2n) is 4.86. The monoisotopic (exact) mass is 268 g/mol. The number of para-hydroxylation sites is 2. The van der Waals surface area contributed by atoms with E-state index in [1.807, 2.05) is 48.2 Å². The molecule has 0 saturated carbocycles. The fourth-order valence-electron chi connectivity index (χ4n) is 2.41. The first-order valence-electron chi connectivity index (χ1n) is 6.53. The molecule has 5 heteroatoms. The standard InChI is InChI=1S/C15H16N4O/c1-10(16)11-5-4-8-17-15(11)19-9-14(20)18-12-6-2-3-7-13(12)19/h2-8,10H,9,16H2,1H3,(H,18,20)/t10-/m0/s1. The molecule has 0 fully saturated rings. The van der Waals surface area contributed by atoms with Gasteiger partial charge in [-0.05, 0) is 25.1 Å². The number of aromatic nitrogens is 1. The number of benzene rings is 1. The van der Waals surface area contributed by atoms with Gasteiger partial charge in [0.2, 0.25) is 5.91 Å². The molecule has 0 saturated heterocycles. The smallest absolute Gasteiger partial charge is 0.244 e. The Labute approximate surface area is 117 Å². The lowest BCUT2D eigenvalue weighted by Crippen LogP contribution is -2.36. The third-order valence-corrected chi connectivity index (χ3v) is 3.33. The molecule has 5 nitrogen and oxygen atoms in total. The second kappa shape index (κ2) is 4.94. The van der Waals surface area contributed by atoms with E-state index in [4.69, 9.17) is 5.73 Å². The summed E-state index contributed by atoms with van der Waals surface area (Å²) < 4.78 is 0. The highest BCUT2D eigenvalue weighted by atomic mass is 16.2. The minimum atomic E-state index is -0.143. The number of amides is 1. The van der Waals surface area contributed by atoms with Crippen LogP contribution in [0, 0.1) is 0 Å². The Morgan fingerprint density at radius 3 is 2.90 bits per heavy atom. The van der Waals surface area contributed by atoms with Crippen molar-refractivity contribution >= 4 is 23.1 Å². The summed E-state index contributed by atoms with van der Waals surface area (Å²) in [6.07, 6.45) is 1.72. The summed E-state index contributed by atoms with van der Waals surface area (Å²) in [6, 6.07) is 11.4. The van der Waals surface area contributed by atoms with Crippen LogP contribution in [0.5, 0.6) is 0 Å². The number of pyridine rings is 1. The highest BCUT2D eigenvalue weighted by Crippen LogP contribution is 2.36. The zero-order chi connectivity index (χ0) is 14.1. The molecule has 1 amide bonds. The molecule has 0 spiro atoms. The highest BCUT2D eigenvalue weighted by molar-refractivity contribution is 6.03. The maximum atomic E-state index is 11.9. The molecule has 3 N–H and O–H groups in total. The van der Waals surface area contributed by atoms with Crippen molar-refractivity contribution in [3.8, 4) is 0 Å². The van der Waals surface area contributed by atoms with Crippen molar-refractivity contribution in [2.75, 3.05) is 16.8 Å². The molecule has 1 aliphatic heterocycles. The van der Waals surface area contributed by atoms with Crippen molar-refractivity contribution in [3.63, 3.8) is 0 Å². The summed E-state index contributed by atoms with van der Waals surface area (Å²) in [7, 11) is 0. The Kier molecular flexibility index (Phi) is 3.12. The third kappa shape index (κ3) is 2.12. The van der Waals surface area contributed by atoms with Crippen LogP contribution in [-0.2, 0) is 4.79 Å². The molecule has 1 atom stereocenters. The second-order valence-corrected chi connectivity index (χ2v) is 4.86.